The highest BCUT2D eigenvalue weighted by Gasteiger charge is 2.28. The Kier molecular flexibility index (Phi) is 5.66. The molecule has 0 bridgehead atoms. The van der Waals surface area contributed by atoms with Gasteiger partial charge in [-0.3, -0.25) is 0 Å². The van der Waals surface area contributed by atoms with Gasteiger partial charge in [0.1, 0.15) is 0 Å². The molecule has 0 aliphatic heterocycles. The Morgan fingerprint density at radius 3 is 2.71 bits per heavy atom. The van der Waals surface area contributed by atoms with E-state index < -0.39 is 10.0 Å². The number of sulfonamides is 1. The summed E-state index contributed by atoms with van der Waals surface area (Å²) < 4.78 is 27.4. The van der Waals surface area contributed by atoms with Crippen LogP contribution in [0.15, 0.2) is 23.1 Å². The molecule has 0 spiro atoms. The van der Waals surface area contributed by atoms with Crippen molar-refractivity contribution < 1.29 is 8.42 Å². The smallest absolute Gasteiger partial charge is 0.240 e. The minimum Gasteiger partial charge on any atom is -0.313 e. The lowest BCUT2D eigenvalue weighted by Gasteiger charge is -2.13. The molecule has 21 heavy (non-hydrogen) atoms. The fourth-order valence-electron chi connectivity index (χ4n) is 2.27. The van der Waals surface area contributed by atoms with Gasteiger partial charge in [-0.2, -0.15) is 0 Å². The van der Waals surface area contributed by atoms with Crippen LogP contribution in [0, 0.1) is 11.8 Å². The number of benzene rings is 1. The molecule has 1 unspecified atom stereocenters. The second-order valence-electron chi connectivity index (χ2n) is 5.70. The van der Waals surface area contributed by atoms with Crippen molar-refractivity contribution >= 4 is 21.6 Å². The lowest BCUT2D eigenvalue weighted by Crippen LogP contribution is -2.29. The molecule has 0 amide bonds. The molecule has 4 nitrogen and oxygen atoms in total. The zero-order valence-corrected chi connectivity index (χ0v) is 14.1. The normalized spacial score (nSPS) is 16.9. The maximum Gasteiger partial charge on any atom is 0.240 e. The van der Waals surface area contributed by atoms with E-state index in [9.17, 15) is 8.42 Å². The Bertz CT molecular complexity index is 585. The van der Waals surface area contributed by atoms with E-state index in [1.165, 1.54) is 12.8 Å². The fourth-order valence-corrected chi connectivity index (χ4v) is 3.65. The lowest BCUT2D eigenvalue weighted by atomic mass is 10.1. The molecule has 1 saturated carbocycles. The first-order valence-corrected chi connectivity index (χ1v) is 9.29. The van der Waals surface area contributed by atoms with Crippen molar-refractivity contribution in [2.24, 2.45) is 11.8 Å². The molecular weight excluding hydrogens is 308 g/mol. The molecule has 1 aromatic rings. The number of hydrogen-bond donors (Lipinski definition) is 2. The van der Waals surface area contributed by atoms with Crippen LogP contribution >= 0.6 is 11.6 Å². The third kappa shape index (κ3) is 4.68. The van der Waals surface area contributed by atoms with Gasteiger partial charge in [-0.15, -0.1) is 0 Å². The molecule has 0 heterocycles. The van der Waals surface area contributed by atoms with Gasteiger partial charge in [0.05, 0.1) is 4.90 Å². The number of hydrogen-bond acceptors (Lipinski definition) is 3. The van der Waals surface area contributed by atoms with E-state index in [0.29, 0.717) is 29.9 Å². The molecule has 1 aliphatic carbocycles. The van der Waals surface area contributed by atoms with Crippen LogP contribution < -0.4 is 10.0 Å². The molecular formula is C15H23ClN2O2S. The summed E-state index contributed by atoms with van der Waals surface area (Å²) in [5.41, 5.74) is 0.802. The largest absolute Gasteiger partial charge is 0.313 e. The van der Waals surface area contributed by atoms with Crippen LogP contribution in [-0.2, 0) is 16.6 Å². The third-order valence-corrected chi connectivity index (χ3v) is 5.70. The Morgan fingerprint density at radius 1 is 1.38 bits per heavy atom. The van der Waals surface area contributed by atoms with Crippen molar-refractivity contribution in [3.05, 3.63) is 28.8 Å². The van der Waals surface area contributed by atoms with Crippen LogP contribution in [0.5, 0.6) is 0 Å². The molecule has 0 radical (unpaired) electrons. The van der Waals surface area contributed by atoms with Crippen molar-refractivity contribution in [3.8, 4) is 0 Å². The van der Waals surface area contributed by atoms with Gasteiger partial charge < -0.3 is 5.32 Å². The first kappa shape index (κ1) is 16.7. The second-order valence-corrected chi connectivity index (χ2v) is 7.87. The average Bonchev–Trinajstić information content (AvgIpc) is 3.28. The molecule has 1 atom stereocenters. The highest BCUT2D eigenvalue weighted by Crippen LogP contribution is 2.36. The summed E-state index contributed by atoms with van der Waals surface area (Å²) in [6, 6.07) is 4.85. The maximum absolute atomic E-state index is 12.3. The minimum absolute atomic E-state index is 0.280. The first-order valence-electron chi connectivity index (χ1n) is 7.43. The average molecular weight is 331 g/mol. The van der Waals surface area contributed by atoms with Crippen LogP contribution in [0.4, 0.5) is 0 Å². The molecule has 1 fully saturated rings. The van der Waals surface area contributed by atoms with Gasteiger partial charge in [-0.1, -0.05) is 25.4 Å². The van der Waals surface area contributed by atoms with E-state index in [-0.39, 0.29) is 4.90 Å². The lowest BCUT2D eigenvalue weighted by molar-refractivity contribution is 0.492. The van der Waals surface area contributed by atoms with E-state index in [4.69, 9.17) is 11.6 Å². The first-order chi connectivity index (χ1) is 9.94. The van der Waals surface area contributed by atoms with E-state index in [1.54, 1.807) is 18.2 Å². The number of nitrogens with one attached hydrogen (secondary N) is 2. The molecule has 0 aromatic heterocycles. The van der Waals surface area contributed by atoms with Crippen LogP contribution in [0.1, 0.15) is 32.3 Å². The van der Waals surface area contributed by atoms with Crippen LogP contribution in [0.3, 0.4) is 0 Å². The van der Waals surface area contributed by atoms with Gasteiger partial charge >= 0.3 is 0 Å². The molecule has 6 heteroatoms. The van der Waals surface area contributed by atoms with Gasteiger partial charge in [0.2, 0.25) is 10.0 Å². The quantitative estimate of drug-likeness (QED) is 0.770. The van der Waals surface area contributed by atoms with Crippen LogP contribution in [0.25, 0.3) is 0 Å². The Hall–Kier alpha value is -0.620. The van der Waals surface area contributed by atoms with E-state index in [1.807, 2.05) is 6.92 Å². The van der Waals surface area contributed by atoms with Gasteiger partial charge in [0.15, 0.2) is 0 Å². The minimum atomic E-state index is -3.46. The third-order valence-electron chi connectivity index (χ3n) is 3.92. The van der Waals surface area contributed by atoms with Crippen LogP contribution in [-0.4, -0.2) is 21.5 Å². The summed E-state index contributed by atoms with van der Waals surface area (Å²) >= 11 is 6.10. The summed E-state index contributed by atoms with van der Waals surface area (Å²) in [5, 5.41) is 3.74. The Labute approximate surface area is 132 Å². The zero-order valence-electron chi connectivity index (χ0n) is 12.5. The predicted molar refractivity (Wildman–Crippen MR) is 85.9 cm³/mol. The van der Waals surface area contributed by atoms with E-state index >= 15 is 0 Å². The predicted octanol–water partition coefficient (Wildman–Crippen LogP) is 2.77. The van der Waals surface area contributed by atoms with Gasteiger partial charge in [-0.05, 0) is 55.0 Å². The molecule has 118 valence electrons. The topological polar surface area (TPSA) is 58.2 Å². The Balaban J connectivity index is 2.07. The summed E-state index contributed by atoms with van der Waals surface area (Å²) in [5.74, 6) is 1.08. The summed E-state index contributed by atoms with van der Waals surface area (Å²) in [4.78, 5) is 0.280. The molecule has 1 aliphatic rings. The monoisotopic (exact) mass is 330 g/mol. The van der Waals surface area contributed by atoms with Crippen molar-refractivity contribution in [2.75, 3.05) is 13.1 Å². The molecule has 2 N–H and O–H groups in total. The molecule has 2 rings (SSSR count). The fraction of sp³-hybridized carbons (Fsp3) is 0.600. The van der Waals surface area contributed by atoms with Crippen molar-refractivity contribution in [2.45, 2.75) is 38.1 Å². The van der Waals surface area contributed by atoms with Crippen molar-refractivity contribution in [1.29, 1.82) is 0 Å². The number of halogens is 1. The van der Waals surface area contributed by atoms with Gasteiger partial charge in [-0.25, -0.2) is 13.1 Å². The highest BCUT2D eigenvalue weighted by molar-refractivity contribution is 7.89. The summed E-state index contributed by atoms with van der Waals surface area (Å²) in [6.45, 7) is 5.97. The van der Waals surface area contributed by atoms with E-state index in [0.717, 1.165) is 12.1 Å². The van der Waals surface area contributed by atoms with Crippen LogP contribution in [0.2, 0.25) is 5.02 Å². The summed E-state index contributed by atoms with van der Waals surface area (Å²) in [7, 11) is -3.46. The summed E-state index contributed by atoms with van der Waals surface area (Å²) in [6.07, 6.45) is 2.44. The van der Waals surface area contributed by atoms with Gasteiger partial charge in [0, 0.05) is 18.1 Å². The van der Waals surface area contributed by atoms with Crippen molar-refractivity contribution in [1.82, 2.24) is 10.0 Å². The highest BCUT2D eigenvalue weighted by atomic mass is 35.5. The van der Waals surface area contributed by atoms with Gasteiger partial charge in [0.25, 0.3) is 0 Å². The van der Waals surface area contributed by atoms with Crippen molar-refractivity contribution in [3.63, 3.8) is 0 Å². The SMILES string of the molecule is CCNCc1cc(S(=O)(=O)NCC(C)C2CC2)ccc1Cl. The maximum atomic E-state index is 12.3. The number of rotatable bonds is 8. The Morgan fingerprint density at radius 2 is 2.10 bits per heavy atom. The zero-order chi connectivity index (χ0) is 15.5. The molecule has 0 saturated heterocycles. The molecule has 1 aromatic carbocycles. The van der Waals surface area contributed by atoms with E-state index in [2.05, 4.69) is 17.0 Å². The standard InChI is InChI=1S/C15H23ClN2O2S/c1-3-17-10-13-8-14(6-7-15(13)16)21(19,20)18-9-11(2)12-4-5-12/h6-8,11-12,17-18H,3-5,9-10H2,1-2H3. The second kappa shape index (κ2) is 7.09.